The molecule has 0 fully saturated rings. The number of amides is 2. The quantitative estimate of drug-likeness (QED) is 0.502. The molecule has 0 atom stereocenters. The zero-order chi connectivity index (χ0) is 21.6. The molecule has 7 heteroatoms. The van der Waals surface area contributed by atoms with Crippen molar-refractivity contribution < 1.29 is 19.0 Å². The average molecular weight is 401 g/mol. The van der Waals surface area contributed by atoms with E-state index in [1.165, 1.54) is 17.0 Å². The lowest BCUT2D eigenvalue weighted by Gasteiger charge is -2.25. The SMILES string of the molecule is CC.CC.CCON(C(=O)CN(C)C(=O)CP(C)(C)=O)c1ccccc1C. The van der Waals surface area contributed by atoms with Gasteiger partial charge in [-0.3, -0.25) is 14.4 Å². The first kappa shape index (κ1) is 27.6. The Bertz CT molecular complexity index is 614. The van der Waals surface area contributed by atoms with Gasteiger partial charge in [-0.05, 0) is 38.8 Å². The number of hydrogen-bond donors (Lipinski definition) is 0. The number of hydroxylamine groups is 1. The molecule has 0 aliphatic rings. The Morgan fingerprint density at radius 2 is 1.56 bits per heavy atom. The van der Waals surface area contributed by atoms with E-state index in [1.54, 1.807) is 26.3 Å². The Hall–Kier alpha value is -1.65. The summed E-state index contributed by atoms with van der Waals surface area (Å²) in [5.74, 6) is -0.660. The molecule has 2 amide bonds. The number of rotatable bonds is 7. The molecule has 0 aliphatic carbocycles. The van der Waals surface area contributed by atoms with Crippen molar-refractivity contribution >= 4 is 24.6 Å². The molecule has 27 heavy (non-hydrogen) atoms. The van der Waals surface area contributed by atoms with E-state index >= 15 is 0 Å². The lowest BCUT2D eigenvalue weighted by molar-refractivity contribution is -0.134. The standard InChI is InChI=1S/C16H25N2O4P.2C2H6/c1-6-22-18(14-10-8-7-9-13(14)2)15(19)11-17(3)16(20)12-23(4,5)21;2*1-2/h7-10H,6,11-12H2,1-5H3;2*1-2H3. The van der Waals surface area contributed by atoms with E-state index in [-0.39, 0.29) is 24.5 Å². The molecule has 0 saturated carbocycles. The van der Waals surface area contributed by atoms with Crippen molar-refractivity contribution in [2.75, 3.05) is 44.8 Å². The summed E-state index contributed by atoms with van der Waals surface area (Å²) in [7, 11) is -0.943. The van der Waals surface area contributed by atoms with Crippen LogP contribution < -0.4 is 5.06 Å². The number of benzene rings is 1. The maximum Gasteiger partial charge on any atom is 0.270 e. The van der Waals surface area contributed by atoms with Crippen LogP contribution in [0.4, 0.5) is 5.69 Å². The van der Waals surface area contributed by atoms with Crippen LogP contribution in [-0.2, 0) is 19.0 Å². The van der Waals surface area contributed by atoms with Crippen LogP contribution in [0.5, 0.6) is 0 Å². The largest absolute Gasteiger partial charge is 0.336 e. The summed E-state index contributed by atoms with van der Waals surface area (Å²) < 4.78 is 11.8. The molecular formula is C20H37N2O4P. The van der Waals surface area contributed by atoms with Gasteiger partial charge in [-0.1, -0.05) is 45.9 Å². The smallest absolute Gasteiger partial charge is 0.270 e. The van der Waals surface area contributed by atoms with Crippen LogP contribution in [0.15, 0.2) is 24.3 Å². The van der Waals surface area contributed by atoms with Gasteiger partial charge in [0.1, 0.15) is 6.54 Å². The van der Waals surface area contributed by atoms with Crippen LogP contribution in [0.1, 0.15) is 40.2 Å². The van der Waals surface area contributed by atoms with Crippen molar-refractivity contribution in [3.63, 3.8) is 0 Å². The van der Waals surface area contributed by atoms with Gasteiger partial charge in [-0.15, -0.1) is 0 Å². The molecule has 0 aliphatic heterocycles. The van der Waals surface area contributed by atoms with Crippen LogP contribution in [0, 0.1) is 6.92 Å². The molecule has 0 spiro atoms. The topological polar surface area (TPSA) is 66.9 Å². The first-order valence-corrected chi connectivity index (χ1v) is 12.2. The molecular weight excluding hydrogens is 363 g/mol. The van der Waals surface area contributed by atoms with Crippen LogP contribution in [0.2, 0.25) is 0 Å². The van der Waals surface area contributed by atoms with E-state index in [0.29, 0.717) is 12.3 Å². The lowest BCUT2D eigenvalue weighted by Crippen LogP contribution is -2.42. The minimum atomic E-state index is -2.47. The Morgan fingerprint density at radius 1 is 1.04 bits per heavy atom. The summed E-state index contributed by atoms with van der Waals surface area (Å²) >= 11 is 0. The second-order valence-electron chi connectivity index (χ2n) is 5.87. The minimum Gasteiger partial charge on any atom is -0.336 e. The molecule has 0 radical (unpaired) electrons. The van der Waals surface area contributed by atoms with Gasteiger partial charge < -0.3 is 9.46 Å². The molecule has 1 aromatic rings. The van der Waals surface area contributed by atoms with Gasteiger partial charge in [0.25, 0.3) is 5.91 Å². The van der Waals surface area contributed by atoms with E-state index < -0.39 is 7.14 Å². The van der Waals surface area contributed by atoms with Crippen molar-refractivity contribution in [3.8, 4) is 0 Å². The van der Waals surface area contributed by atoms with Crippen molar-refractivity contribution in [3.05, 3.63) is 29.8 Å². The normalized spacial score (nSPS) is 9.96. The Morgan fingerprint density at radius 3 is 2.00 bits per heavy atom. The third-order valence-corrected chi connectivity index (χ3v) is 4.17. The highest BCUT2D eigenvalue weighted by atomic mass is 31.2. The fourth-order valence-corrected chi connectivity index (χ4v) is 2.89. The first-order valence-electron chi connectivity index (χ1n) is 9.45. The van der Waals surface area contributed by atoms with E-state index in [9.17, 15) is 14.2 Å². The van der Waals surface area contributed by atoms with Gasteiger partial charge in [-0.2, -0.15) is 5.06 Å². The highest BCUT2D eigenvalue weighted by molar-refractivity contribution is 7.63. The fourth-order valence-electron chi connectivity index (χ4n) is 2.00. The van der Waals surface area contributed by atoms with Crippen molar-refractivity contribution in [1.29, 1.82) is 0 Å². The monoisotopic (exact) mass is 400 g/mol. The van der Waals surface area contributed by atoms with Gasteiger partial charge in [0.2, 0.25) is 5.91 Å². The lowest BCUT2D eigenvalue weighted by atomic mass is 10.2. The van der Waals surface area contributed by atoms with Crippen LogP contribution in [-0.4, -0.2) is 56.4 Å². The van der Waals surface area contributed by atoms with Gasteiger partial charge in [-0.25, -0.2) is 0 Å². The molecule has 156 valence electrons. The maximum atomic E-state index is 12.5. The number of carbonyl (C=O) groups is 2. The third kappa shape index (κ3) is 10.9. The second-order valence-corrected chi connectivity index (χ2v) is 9.34. The second kappa shape index (κ2) is 14.4. The molecule has 0 bridgehead atoms. The summed E-state index contributed by atoms with van der Waals surface area (Å²) in [6, 6.07) is 7.37. The summed E-state index contributed by atoms with van der Waals surface area (Å²) in [6.07, 6.45) is -0.0459. The molecule has 1 rings (SSSR count). The van der Waals surface area contributed by atoms with E-state index in [0.717, 1.165) is 5.56 Å². The van der Waals surface area contributed by atoms with Gasteiger partial charge in [0, 0.05) is 7.05 Å². The van der Waals surface area contributed by atoms with Gasteiger partial charge in [0.15, 0.2) is 0 Å². The Balaban J connectivity index is 0. The van der Waals surface area contributed by atoms with E-state index in [2.05, 4.69) is 0 Å². The Labute approximate surface area is 165 Å². The van der Waals surface area contributed by atoms with Crippen molar-refractivity contribution in [2.24, 2.45) is 0 Å². The van der Waals surface area contributed by atoms with E-state index in [4.69, 9.17) is 4.84 Å². The zero-order valence-corrected chi connectivity index (χ0v) is 19.3. The first-order chi connectivity index (χ1) is 12.7. The molecule has 6 nitrogen and oxygen atoms in total. The van der Waals surface area contributed by atoms with Gasteiger partial charge in [0.05, 0.1) is 25.6 Å². The number of carbonyl (C=O) groups excluding carboxylic acids is 2. The molecule has 0 aromatic heterocycles. The third-order valence-electron chi connectivity index (χ3n) is 3.13. The zero-order valence-electron chi connectivity index (χ0n) is 18.4. The predicted molar refractivity (Wildman–Crippen MR) is 115 cm³/mol. The molecule has 1 aromatic carbocycles. The van der Waals surface area contributed by atoms with Crippen LogP contribution in [0.25, 0.3) is 0 Å². The number of hydrogen-bond acceptors (Lipinski definition) is 4. The molecule has 0 saturated heterocycles. The maximum absolute atomic E-state index is 12.5. The minimum absolute atomic E-state index is 0.0459. The van der Waals surface area contributed by atoms with Crippen LogP contribution >= 0.6 is 7.14 Å². The number of para-hydroxylation sites is 1. The molecule has 0 unspecified atom stereocenters. The molecule has 0 heterocycles. The van der Waals surface area contributed by atoms with Crippen LogP contribution in [0.3, 0.4) is 0 Å². The van der Waals surface area contributed by atoms with Crippen molar-refractivity contribution in [2.45, 2.75) is 41.5 Å². The van der Waals surface area contributed by atoms with Gasteiger partial charge >= 0.3 is 0 Å². The number of likely N-dealkylation sites (N-methyl/N-ethyl adjacent to an activating group) is 1. The Kier molecular flexibility index (Phi) is 14.7. The highest BCUT2D eigenvalue weighted by Gasteiger charge is 2.23. The highest BCUT2D eigenvalue weighted by Crippen LogP contribution is 2.35. The predicted octanol–water partition coefficient (Wildman–Crippen LogP) is 4.41. The summed E-state index contributed by atoms with van der Waals surface area (Å²) in [4.78, 5) is 31.3. The number of aryl methyl sites for hydroxylation is 1. The summed E-state index contributed by atoms with van der Waals surface area (Å²) in [6.45, 7) is 15.0. The average Bonchev–Trinajstić information content (AvgIpc) is 2.62. The summed E-state index contributed by atoms with van der Waals surface area (Å²) in [5, 5.41) is 1.22. The van der Waals surface area contributed by atoms with E-state index in [1.807, 2.05) is 52.8 Å². The fraction of sp³-hybridized carbons (Fsp3) is 0.600. The van der Waals surface area contributed by atoms with Crippen molar-refractivity contribution in [1.82, 2.24) is 4.90 Å². The summed E-state index contributed by atoms with van der Waals surface area (Å²) in [5.41, 5.74) is 1.55. The number of nitrogens with zero attached hydrogens (tertiary/aromatic N) is 2. The molecule has 0 N–H and O–H groups in total. The number of anilines is 1.